The van der Waals surface area contributed by atoms with Crippen LogP contribution in [0.1, 0.15) is 36.8 Å². The molecule has 2 N–H and O–H groups in total. The van der Waals surface area contributed by atoms with Gasteiger partial charge >= 0.3 is 0 Å². The first kappa shape index (κ1) is 20.4. The standard InChI is InChI=1S/C24H30N4O2/c1-18-17-20(29-2)10-8-19(18)9-11-22-24(27-21-7-6-12-25-23(21)26-22)30-16-15-28-13-4-3-5-14-28/h7-8,10,17,27H,3-6,12-16H2,1-2H3,(H,25,26). The first-order valence-electron chi connectivity index (χ1n) is 10.8. The lowest BCUT2D eigenvalue weighted by Crippen LogP contribution is -2.41. The van der Waals surface area contributed by atoms with Crippen molar-refractivity contribution in [2.75, 3.05) is 39.9 Å². The summed E-state index contributed by atoms with van der Waals surface area (Å²) in [6, 6.07) is 5.91. The molecule has 0 aromatic heterocycles. The first-order chi connectivity index (χ1) is 14.7. The highest BCUT2D eigenvalue weighted by molar-refractivity contribution is 6.01. The Hall–Kier alpha value is -2.91. The van der Waals surface area contributed by atoms with Crippen LogP contribution in [0, 0.1) is 18.8 Å². The van der Waals surface area contributed by atoms with Gasteiger partial charge in [0, 0.05) is 18.7 Å². The zero-order valence-electron chi connectivity index (χ0n) is 17.9. The normalized spacial score (nSPS) is 18.7. The van der Waals surface area contributed by atoms with Crippen LogP contribution in [-0.2, 0) is 4.74 Å². The smallest absolute Gasteiger partial charge is 0.224 e. The predicted molar refractivity (Wildman–Crippen MR) is 119 cm³/mol. The number of methoxy groups -OCH3 is 1. The van der Waals surface area contributed by atoms with Crippen molar-refractivity contribution < 1.29 is 9.47 Å². The summed E-state index contributed by atoms with van der Waals surface area (Å²) in [5.41, 5.74) is 3.74. The number of ether oxygens (including phenoxy) is 2. The van der Waals surface area contributed by atoms with Gasteiger partial charge in [-0.15, -0.1) is 0 Å². The van der Waals surface area contributed by atoms with Crippen molar-refractivity contribution >= 4 is 5.84 Å². The zero-order valence-corrected chi connectivity index (χ0v) is 17.9. The molecule has 0 bridgehead atoms. The summed E-state index contributed by atoms with van der Waals surface area (Å²) in [6.07, 6.45) is 7.00. The number of hydrogen-bond acceptors (Lipinski definition) is 6. The van der Waals surface area contributed by atoms with Crippen molar-refractivity contribution in [2.24, 2.45) is 4.99 Å². The van der Waals surface area contributed by atoms with E-state index in [-0.39, 0.29) is 0 Å². The van der Waals surface area contributed by atoms with Gasteiger partial charge < -0.3 is 20.1 Å². The van der Waals surface area contributed by atoms with E-state index in [1.807, 2.05) is 25.1 Å². The number of benzene rings is 1. The Labute approximate surface area is 179 Å². The lowest BCUT2D eigenvalue weighted by molar-refractivity contribution is 0.133. The molecule has 158 valence electrons. The lowest BCUT2D eigenvalue weighted by Gasteiger charge is -2.29. The van der Waals surface area contributed by atoms with Gasteiger partial charge in [-0.1, -0.05) is 18.4 Å². The summed E-state index contributed by atoms with van der Waals surface area (Å²) >= 11 is 0. The van der Waals surface area contributed by atoms with Crippen LogP contribution in [0.2, 0.25) is 0 Å². The molecule has 6 heteroatoms. The van der Waals surface area contributed by atoms with Gasteiger partial charge in [0.2, 0.25) is 5.88 Å². The second-order valence-electron chi connectivity index (χ2n) is 7.77. The number of aryl methyl sites for hydroxylation is 1. The van der Waals surface area contributed by atoms with E-state index in [4.69, 9.17) is 9.47 Å². The Balaban J connectivity index is 1.52. The van der Waals surface area contributed by atoms with E-state index in [0.717, 1.165) is 53.6 Å². The molecule has 30 heavy (non-hydrogen) atoms. The van der Waals surface area contributed by atoms with E-state index in [1.165, 1.54) is 32.4 Å². The maximum Gasteiger partial charge on any atom is 0.224 e. The summed E-state index contributed by atoms with van der Waals surface area (Å²) in [5.74, 6) is 8.87. The highest BCUT2D eigenvalue weighted by Crippen LogP contribution is 2.18. The Kier molecular flexibility index (Phi) is 6.60. The van der Waals surface area contributed by atoms with E-state index >= 15 is 0 Å². The Morgan fingerprint density at radius 3 is 2.80 bits per heavy atom. The van der Waals surface area contributed by atoms with Gasteiger partial charge in [-0.25, -0.2) is 0 Å². The predicted octanol–water partition coefficient (Wildman–Crippen LogP) is 2.91. The number of likely N-dealkylation sites (tertiary alicyclic amines) is 1. The quantitative estimate of drug-likeness (QED) is 0.737. The van der Waals surface area contributed by atoms with Crippen molar-refractivity contribution in [3.63, 3.8) is 0 Å². The molecule has 1 aromatic carbocycles. The fraction of sp³-hybridized carbons (Fsp3) is 0.458. The fourth-order valence-electron chi connectivity index (χ4n) is 3.83. The molecule has 3 aliphatic heterocycles. The maximum atomic E-state index is 6.15. The second kappa shape index (κ2) is 9.73. The van der Waals surface area contributed by atoms with Crippen LogP contribution < -0.4 is 15.4 Å². The topological polar surface area (TPSA) is 58.1 Å². The van der Waals surface area contributed by atoms with Crippen LogP contribution in [-0.4, -0.2) is 50.6 Å². The lowest BCUT2D eigenvalue weighted by atomic mass is 10.1. The minimum Gasteiger partial charge on any atom is -0.497 e. The van der Waals surface area contributed by atoms with E-state index in [9.17, 15) is 0 Å². The zero-order chi connectivity index (χ0) is 20.8. The summed E-state index contributed by atoms with van der Waals surface area (Å²) in [6.45, 7) is 6.73. The first-order valence-corrected chi connectivity index (χ1v) is 10.8. The fourth-order valence-corrected chi connectivity index (χ4v) is 3.83. The number of rotatable bonds is 5. The van der Waals surface area contributed by atoms with E-state index in [2.05, 4.69) is 38.4 Å². The van der Waals surface area contributed by atoms with Gasteiger partial charge in [-0.05, 0) is 69.0 Å². The summed E-state index contributed by atoms with van der Waals surface area (Å²) < 4.78 is 11.4. The third-order valence-corrected chi connectivity index (χ3v) is 5.58. The van der Waals surface area contributed by atoms with Crippen LogP contribution in [0.3, 0.4) is 0 Å². The molecule has 1 saturated heterocycles. The van der Waals surface area contributed by atoms with Crippen molar-refractivity contribution in [3.05, 3.63) is 52.7 Å². The van der Waals surface area contributed by atoms with E-state index in [0.29, 0.717) is 12.5 Å². The maximum absolute atomic E-state index is 6.15. The van der Waals surface area contributed by atoms with Crippen molar-refractivity contribution in [1.82, 2.24) is 15.5 Å². The molecule has 3 aliphatic rings. The number of hydrogen-bond donors (Lipinski definition) is 2. The molecule has 0 spiro atoms. The van der Waals surface area contributed by atoms with Crippen LogP contribution >= 0.6 is 0 Å². The molecule has 1 aromatic rings. The molecule has 1 fully saturated rings. The number of fused-ring (bicyclic) bond motifs is 1. The minimum atomic E-state index is 0.635. The van der Waals surface area contributed by atoms with Crippen molar-refractivity contribution in [1.29, 1.82) is 0 Å². The van der Waals surface area contributed by atoms with E-state index < -0.39 is 0 Å². The molecule has 0 atom stereocenters. The highest BCUT2D eigenvalue weighted by atomic mass is 16.5. The van der Waals surface area contributed by atoms with Crippen molar-refractivity contribution in [2.45, 2.75) is 32.6 Å². The van der Waals surface area contributed by atoms with Crippen LogP contribution in [0.4, 0.5) is 0 Å². The molecule has 6 nitrogen and oxygen atoms in total. The average Bonchev–Trinajstić information content (AvgIpc) is 2.79. The van der Waals surface area contributed by atoms with Gasteiger partial charge in [0.05, 0.1) is 12.8 Å². The summed E-state index contributed by atoms with van der Waals surface area (Å²) in [7, 11) is 1.67. The molecular formula is C24H30N4O2. The van der Waals surface area contributed by atoms with Gasteiger partial charge in [0.15, 0.2) is 5.70 Å². The Morgan fingerprint density at radius 2 is 2.00 bits per heavy atom. The summed E-state index contributed by atoms with van der Waals surface area (Å²) in [4.78, 5) is 7.05. The average molecular weight is 407 g/mol. The highest BCUT2D eigenvalue weighted by Gasteiger charge is 2.22. The second-order valence-corrected chi connectivity index (χ2v) is 7.77. The van der Waals surface area contributed by atoms with Crippen LogP contribution in [0.5, 0.6) is 5.75 Å². The number of piperidine rings is 1. The molecule has 0 saturated carbocycles. The van der Waals surface area contributed by atoms with Gasteiger partial charge in [-0.3, -0.25) is 9.89 Å². The van der Waals surface area contributed by atoms with Crippen molar-refractivity contribution in [3.8, 4) is 17.6 Å². The molecular weight excluding hydrogens is 376 g/mol. The van der Waals surface area contributed by atoms with Gasteiger partial charge in [-0.2, -0.15) is 0 Å². The molecule has 0 amide bonds. The number of nitrogens with zero attached hydrogens (tertiary/aromatic N) is 2. The molecule has 3 heterocycles. The molecule has 0 aliphatic carbocycles. The van der Waals surface area contributed by atoms with Gasteiger partial charge in [0.25, 0.3) is 0 Å². The Bertz CT molecular complexity index is 930. The molecule has 0 radical (unpaired) electrons. The SMILES string of the molecule is COc1ccc(C#CC2=C(OCCN3CCCCC3)NC3=CCCN=C3N2)c(C)c1. The third-order valence-electron chi connectivity index (χ3n) is 5.58. The number of allylic oxidation sites excluding steroid dienone is 1. The van der Waals surface area contributed by atoms with E-state index in [1.54, 1.807) is 7.11 Å². The monoisotopic (exact) mass is 406 g/mol. The number of aliphatic imine (C=N–C) groups is 1. The van der Waals surface area contributed by atoms with Gasteiger partial charge in [0.1, 0.15) is 18.2 Å². The number of amidine groups is 1. The third kappa shape index (κ3) is 4.98. The number of nitrogens with one attached hydrogen (secondary N) is 2. The number of dihydropyridines is 1. The molecule has 4 rings (SSSR count). The van der Waals surface area contributed by atoms with Crippen LogP contribution in [0.15, 0.2) is 46.5 Å². The molecule has 0 unspecified atom stereocenters. The largest absolute Gasteiger partial charge is 0.497 e. The van der Waals surface area contributed by atoms with Crippen LogP contribution in [0.25, 0.3) is 0 Å². The summed E-state index contributed by atoms with van der Waals surface area (Å²) in [5, 5.41) is 6.76. The Morgan fingerprint density at radius 1 is 1.13 bits per heavy atom. The minimum absolute atomic E-state index is 0.635.